The predicted octanol–water partition coefficient (Wildman–Crippen LogP) is 4.99. The molecular weight excluding hydrogens is 502 g/mol. The molecule has 0 spiro atoms. The van der Waals surface area contributed by atoms with Crippen LogP contribution in [0.3, 0.4) is 0 Å². The van der Waals surface area contributed by atoms with Crippen molar-refractivity contribution < 1.29 is 23.8 Å². The molecule has 3 aliphatic heterocycles. The first-order chi connectivity index (χ1) is 18.5. The maximum absolute atomic E-state index is 13.6. The summed E-state index contributed by atoms with van der Waals surface area (Å²) in [6, 6.07) is 14.7. The molecule has 0 unspecified atom stereocenters. The van der Waals surface area contributed by atoms with Crippen LogP contribution in [-0.4, -0.2) is 60.8 Å². The van der Waals surface area contributed by atoms with Gasteiger partial charge in [0, 0.05) is 24.4 Å². The second-order valence-electron chi connectivity index (χ2n) is 9.12. The Morgan fingerprint density at radius 3 is 2.45 bits per heavy atom. The zero-order chi connectivity index (χ0) is 26.6. The summed E-state index contributed by atoms with van der Waals surface area (Å²) in [6.45, 7) is 3.58. The molecule has 198 valence electrons. The molecule has 1 atom stereocenters. The van der Waals surface area contributed by atoms with Gasteiger partial charge in [0.05, 0.1) is 44.6 Å². The van der Waals surface area contributed by atoms with Crippen molar-refractivity contribution in [2.45, 2.75) is 32.2 Å². The third-order valence-electron chi connectivity index (χ3n) is 6.87. The fraction of sp³-hybridized carbons (Fsp3) is 0.345. The van der Waals surface area contributed by atoms with E-state index in [9.17, 15) is 9.59 Å². The molecule has 0 radical (unpaired) electrons. The van der Waals surface area contributed by atoms with Crippen molar-refractivity contribution >= 4 is 34.5 Å². The number of benzene rings is 2. The zero-order valence-electron chi connectivity index (χ0n) is 21.8. The van der Waals surface area contributed by atoms with Crippen LogP contribution in [0.5, 0.6) is 11.5 Å². The van der Waals surface area contributed by atoms with Crippen LogP contribution in [0.2, 0.25) is 0 Å². The van der Waals surface area contributed by atoms with Gasteiger partial charge < -0.3 is 24.0 Å². The van der Waals surface area contributed by atoms with E-state index in [0.29, 0.717) is 27.9 Å². The highest BCUT2D eigenvalue weighted by molar-refractivity contribution is 8.16. The van der Waals surface area contributed by atoms with Gasteiger partial charge in [-0.25, -0.2) is 9.79 Å². The van der Waals surface area contributed by atoms with Gasteiger partial charge in [0.25, 0.3) is 0 Å². The Labute approximate surface area is 226 Å². The Bertz CT molecular complexity index is 1310. The van der Waals surface area contributed by atoms with E-state index in [4.69, 9.17) is 19.2 Å². The van der Waals surface area contributed by atoms with Gasteiger partial charge in [0.15, 0.2) is 16.7 Å². The molecule has 0 saturated carbocycles. The first-order valence-corrected chi connectivity index (χ1v) is 13.6. The van der Waals surface area contributed by atoms with Crippen molar-refractivity contribution in [2.24, 2.45) is 4.99 Å². The molecule has 0 N–H and O–H groups in total. The first kappa shape index (κ1) is 25.9. The lowest BCUT2D eigenvalue weighted by atomic mass is 9.91. The average Bonchev–Trinajstić information content (AvgIpc) is 3.63. The van der Waals surface area contributed by atoms with Crippen molar-refractivity contribution in [2.75, 3.05) is 33.9 Å². The van der Waals surface area contributed by atoms with Gasteiger partial charge in [-0.1, -0.05) is 48.2 Å². The van der Waals surface area contributed by atoms with Crippen molar-refractivity contribution in [3.05, 3.63) is 76.3 Å². The van der Waals surface area contributed by atoms with Crippen LogP contribution in [0.25, 0.3) is 5.70 Å². The van der Waals surface area contributed by atoms with E-state index in [2.05, 4.69) is 0 Å². The number of carbonyl (C=O) groups excluding carboxylic acids is 2. The maximum Gasteiger partial charge on any atom is 0.338 e. The summed E-state index contributed by atoms with van der Waals surface area (Å²) in [5, 5.41) is 2.68. The van der Waals surface area contributed by atoms with E-state index in [0.717, 1.165) is 42.8 Å². The number of thioether (sulfide) groups is 1. The number of aliphatic imine (C=N–C) groups is 1. The van der Waals surface area contributed by atoms with Crippen molar-refractivity contribution in [1.29, 1.82) is 0 Å². The number of hydrogen-bond acceptors (Lipinski definition) is 8. The lowest BCUT2D eigenvalue weighted by Gasteiger charge is -2.37. The second kappa shape index (κ2) is 11.3. The zero-order valence-corrected chi connectivity index (χ0v) is 22.6. The highest BCUT2D eigenvalue weighted by Gasteiger charge is 2.43. The van der Waals surface area contributed by atoms with E-state index in [1.54, 1.807) is 21.1 Å². The first-order valence-electron chi connectivity index (χ1n) is 12.8. The van der Waals surface area contributed by atoms with Gasteiger partial charge in [-0.2, -0.15) is 0 Å². The number of esters is 1. The molecule has 0 aromatic heterocycles. The number of carbonyl (C=O) groups is 2. The lowest BCUT2D eigenvalue weighted by molar-refractivity contribution is -0.139. The summed E-state index contributed by atoms with van der Waals surface area (Å²) < 4.78 is 16.7. The molecule has 1 amide bonds. The van der Waals surface area contributed by atoms with Crippen LogP contribution in [0, 0.1) is 0 Å². The van der Waals surface area contributed by atoms with Crippen LogP contribution >= 0.6 is 11.8 Å². The molecule has 9 heteroatoms. The quantitative estimate of drug-likeness (QED) is 0.442. The van der Waals surface area contributed by atoms with Crippen molar-refractivity contribution in [1.82, 2.24) is 9.80 Å². The van der Waals surface area contributed by atoms with Gasteiger partial charge in [-0.15, -0.1) is 0 Å². The highest BCUT2D eigenvalue weighted by atomic mass is 32.2. The Balaban J connectivity index is 1.66. The van der Waals surface area contributed by atoms with Gasteiger partial charge in [-0.3, -0.25) is 4.79 Å². The van der Waals surface area contributed by atoms with E-state index in [1.165, 1.54) is 11.8 Å². The fourth-order valence-electron chi connectivity index (χ4n) is 5.06. The average molecular weight is 534 g/mol. The monoisotopic (exact) mass is 533 g/mol. The second-order valence-corrected chi connectivity index (χ2v) is 9.96. The van der Waals surface area contributed by atoms with Gasteiger partial charge in [-0.05, 0) is 42.9 Å². The number of ether oxygens (including phenoxy) is 3. The molecule has 1 fully saturated rings. The molecule has 2 aromatic rings. The normalized spacial score (nSPS) is 18.7. The molecule has 2 aromatic carbocycles. The van der Waals surface area contributed by atoms with Crippen LogP contribution < -0.4 is 9.47 Å². The van der Waals surface area contributed by atoms with E-state index in [-0.39, 0.29) is 18.9 Å². The smallest absolute Gasteiger partial charge is 0.338 e. The molecular formula is C29H31N3O5S. The number of nitrogens with zero attached hydrogens (tertiary/aromatic N) is 3. The Hall–Kier alpha value is -3.72. The van der Waals surface area contributed by atoms with Gasteiger partial charge in [0.1, 0.15) is 0 Å². The van der Waals surface area contributed by atoms with Crippen LogP contribution in [0.4, 0.5) is 0 Å². The molecule has 3 heterocycles. The van der Waals surface area contributed by atoms with E-state index >= 15 is 0 Å². The molecule has 0 aliphatic carbocycles. The number of amidine groups is 1. The minimum absolute atomic E-state index is 0.0807. The van der Waals surface area contributed by atoms with Crippen LogP contribution in [0.1, 0.15) is 43.4 Å². The SMILES string of the molecule is CCOC(=O)C1=C(c2ccccc2)N=C2SC=C(CC(=O)N3CCCC3)N2[C@@H]1c1ccc(OC)c(OC)c1. The highest BCUT2D eigenvalue weighted by Crippen LogP contribution is 2.48. The summed E-state index contributed by atoms with van der Waals surface area (Å²) in [4.78, 5) is 35.7. The van der Waals surface area contributed by atoms with Gasteiger partial charge in [0.2, 0.25) is 5.91 Å². The number of amides is 1. The summed E-state index contributed by atoms with van der Waals surface area (Å²) in [7, 11) is 3.17. The number of likely N-dealkylation sites (tertiary alicyclic amines) is 1. The number of methoxy groups -OCH3 is 2. The largest absolute Gasteiger partial charge is 0.493 e. The lowest BCUT2D eigenvalue weighted by Crippen LogP contribution is -2.38. The van der Waals surface area contributed by atoms with Gasteiger partial charge >= 0.3 is 5.97 Å². The third kappa shape index (κ3) is 4.90. The number of fused-ring (bicyclic) bond motifs is 1. The summed E-state index contributed by atoms with van der Waals surface area (Å²) >= 11 is 1.46. The Morgan fingerprint density at radius 2 is 1.76 bits per heavy atom. The minimum Gasteiger partial charge on any atom is -0.493 e. The van der Waals surface area contributed by atoms with Crippen molar-refractivity contribution in [3.8, 4) is 11.5 Å². The molecule has 38 heavy (non-hydrogen) atoms. The number of hydrogen-bond donors (Lipinski definition) is 0. The fourth-order valence-corrected chi connectivity index (χ4v) is 5.98. The molecule has 5 rings (SSSR count). The summed E-state index contributed by atoms with van der Waals surface area (Å²) in [5.74, 6) is 0.763. The Kier molecular flexibility index (Phi) is 7.74. The Morgan fingerprint density at radius 1 is 1.03 bits per heavy atom. The molecule has 8 nitrogen and oxygen atoms in total. The van der Waals surface area contributed by atoms with Crippen LogP contribution in [-0.2, 0) is 14.3 Å². The molecule has 3 aliphatic rings. The third-order valence-corrected chi connectivity index (χ3v) is 7.76. The standard InChI is InChI=1S/C29H31N3O5S/c1-4-37-28(34)25-26(19-10-6-5-7-11-19)30-29-32(21(18-38-29)17-24(33)31-14-8-9-15-31)27(25)20-12-13-22(35-2)23(16-20)36-3/h5-7,10-13,16,18,27H,4,8-9,14-15,17H2,1-3H3/t27-/m1/s1. The van der Waals surface area contributed by atoms with Crippen LogP contribution in [0.15, 0.2) is 70.2 Å². The summed E-state index contributed by atoms with van der Waals surface area (Å²) in [6.07, 6.45) is 2.29. The summed E-state index contributed by atoms with van der Waals surface area (Å²) in [5.41, 5.74) is 3.39. The molecule has 1 saturated heterocycles. The minimum atomic E-state index is -0.579. The van der Waals surface area contributed by atoms with Crippen molar-refractivity contribution in [3.63, 3.8) is 0 Å². The topological polar surface area (TPSA) is 80.7 Å². The number of rotatable bonds is 8. The maximum atomic E-state index is 13.6. The van der Waals surface area contributed by atoms with E-state index < -0.39 is 12.0 Å². The predicted molar refractivity (Wildman–Crippen MR) is 148 cm³/mol. The van der Waals surface area contributed by atoms with E-state index in [1.807, 2.05) is 63.7 Å². The molecule has 0 bridgehead atoms.